The van der Waals surface area contributed by atoms with Crippen LogP contribution in [-0.2, 0) is 9.53 Å². The Bertz CT molecular complexity index is 329. The second-order valence-corrected chi connectivity index (χ2v) is 3.72. The van der Waals surface area contributed by atoms with Gasteiger partial charge in [-0.1, -0.05) is 24.8 Å². The van der Waals surface area contributed by atoms with E-state index in [9.17, 15) is 4.79 Å². The van der Waals surface area contributed by atoms with Crippen LogP contribution in [0.15, 0.2) is 36.0 Å². The third-order valence-electron chi connectivity index (χ3n) is 2.72. The third-order valence-corrected chi connectivity index (χ3v) is 2.72. The Morgan fingerprint density at radius 2 is 2.44 bits per heavy atom. The molecule has 1 aliphatic heterocycles. The minimum Gasteiger partial charge on any atom is -0.469 e. The predicted molar refractivity (Wildman–Crippen MR) is 65.1 cm³/mol. The van der Waals surface area contributed by atoms with E-state index in [1.807, 2.05) is 19.1 Å². The number of hydrogen-bond donors (Lipinski definition) is 1. The van der Waals surface area contributed by atoms with Gasteiger partial charge in [-0.05, 0) is 31.0 Å². The van der Waals surface area contributed by atoms with Crippen molar-refractivity contribution in [2.75, 3.05) is 13.7 Å². The minimum atomic E-state index is -0.196. The van der Waals surface area contributed by atoms with Crippen molar-refractivity contribution >= 4 is 5.97 Å². The molecule has 0 aromatic heterocycles. The second-order valence-electron chi connectivity index (χ2n) is 3.72. The molecule has 0 saturated carbocycles. The van der Waals surface area contributed by atoms with Crippen molar-refractivity contribution in [3.63, 3.8) is 0 Å². The molecule has 1 atom stereocenters. The van der Waals surface area contributed by atoms with Gasteiger partial charge in [0.05, 0.1) is 13.5 Å². The van der Waals surface area contributed by atoms with Crippen LogP contribution in [-0.4, -0.2) is 25.7 Å². The Morgan fingerprint density at radius 1 is 1.69 bits per heavy atom. The van der Waals surface area contributed by atoms with Gasteiger partial charge in [0.2, 0.25) is 0 Å². The number of hydrogen-bond acceptors (Lipinski definition) is 3. The predicted octanol–water partition coefficient (Wildman–Crippen LogP) is 1.97. The fraction of sp³-hybridized carbons (Fsp3) is 0.462. The number of methoxy groups -OCH3 is 1. The van der Waals surface area contributed by atoms with Gasteiger partial charge < -0.3 is 10.1 Å². The zero-order valence-corrected chi connectivity index (χ0v) is 9.95. The van der Waals surface area contributed by atoms with Crippen LogP contribution in [0, 0.1) is 0 Å². The molecule has 0 fully saturated rings. The summed E-state index contributed by atoms with van der Waals surface area (Å²) in [4.78, 5) is 11.3. The lowest BCUT2D eigenvalue weighted by Gasteiger charge is -2.26. The summed E-state index contributed by atoms with van der Waals surface area (Å²) in [5.41, 5.74) is 2.36. The lowest BCUT2D eigenvalue weighted by Crippen LogP contribution is -2.37. The lowest BCUT2D eigenvalue weighted by molar-refractivity contribution is -0.141. The summed E-state index contributed by atoms with van der Waals surface area (Å²) in [6.07, 6.45) is 7.26. The van der Waals surface area contributed by atoms with Gasteiger partial charge in [-0.15, -0.1) is 0 Å². The maximum atomic E-state index is 11.3. The first-order chi connectivity index (χ1) is 7.72. The van der Waals surface area contributed by atoms with E-state index in [1.165, 1.54) is 12.7 Å². The number of esters is 1. The van der Waals surface area contributed by atoms with E-state index >= 15 is 0 Å². The third kappa shape index (κ3) is 3.07. The molecule has 0 amide bonds. The number of nitrogens with one attached hydrogen (secondary N) is 1. The Labute approximate surface area is 96.9 Å². The van der Waals surface area contributed by atoms with Crippen molar-refractivity contribution in [2.24, 2.45) is 0 Å². The van der Waals surface area contributed by atoms with Crippen molar-refractivity contribution in [2.45, 2.75) is 25.8 Å². The Balaban J connectivity index is 2.87. The molecule has 1 aliphatic rings. The van der Waals surface area contributed by atoms with Crippen LogP contribution in [0.1, 0.15) is 19.8 Å². The van der Waals surface area contributed by atoms with Crippen molar-refractivity contribution < 1.29 is 9.53 Å². The molecule has 0 aromatic rings. The fourth-order valence-electron chi connectivity index (χ4n) is 1.95. The van der Waals surface area contributed by atoms with E-state index < -0.39 is 0 Å². The monoisotopic (exact) mass is 221 g/mol. The molecule has 3 heteroatoms. The van der Waals surface area contributed by atoms with Gasteiger partial charge in [-0.2, -0.15) is 0 Å². The molecular formula is C13H19NO2. The zero-order chi connectivity index (χ0) is 12.0. The molecule has 0 spiro atoms. The molecule has 88 valence electrons. The van der Waals surface area contributed by atoms with Crippen LogP contribution in [0.2, 0.25) is 0 Å². The fourth-order valence-corrected chi connectivity index (χ4v) is 1.95. The van der Waals surface area contributed by atoms with Crippen molar-refractivity contribution in [1.82, 2.24) is 5.32 Å². The normalized spacial score (nSPS) is 21.2. The van der Waals surface area contributed by atoms with Crippen LogP contribution in [0.25, 0.3) is 0 Å². The first kappa shape index (κ1) is 12.7. The van der Waals surface area contributed by atoms with Crippen molar-refractivity contribution in [3.05, 3.63) is 36.0 Å². The highest BCUT2D eigenvalue weighted by Gasteiger charge is 2.22. The summed E-state index contributed by atoms with van der Waals surface area (Å²) in [5, 5.41) is 3.31. The van der Waals surface area contributed by atoms with Crippen LogP contribution in [0.4, 0.5) is 0 Å². The van der Waals surface area contributed by atoms with Crippen LogP contribution < -0.4 is 5.32 Å². The van der Waals surface area contributed by atoms with Crippen LogP contribution in [0.3, 0.4) is 0 Å². The van der Waals surface area contributed by atoms with E-state index in [0.717, 1.165) is 18.5 Å². The summed E-state index contributed by atoms with van der Waals surface area (Å²) >= 11 is 0. The van der Waals surface area contributed by atoms with Crippen LogP contribution >= 0.6 is 0 Å². The smallest absolute Gasteiger partial charge is 0.307 e. The van der Waals surface area contributed by atoms with Gasteiger partial charge in [0.1, 0.15) is 0 Å². The average molecular weight is 221 g/mol. The molecule has 0 aliphatic carbocycles. The molecule has 0 aromatic carbocycles. The van der Waals surface area contributed by atoms with Gasteiger partial charge in [-0.25, -0.2) is 0 Å². The highest BCUT2D eigenvalue weighted by atomic mass is 16.5. The maximum Gasteiger partial charge on any atom is 0.307 e. The first-order valence-corrected chi connectivity index (χ1v) is 5.51. The average Bonchev–Trinajstić information content (AvgIpc) is 2.29. The second kappa shape index (κ2) is 6.28. The molecule has 1 N–H and O–H groups in total. The Morgan fingerprint density at radius 3 is 3.00 bits per heavy atom. The van der Waals surface area contributed by atoms with Crippen molar-refractivity contribution in [3.8, 4) is 0 Å². The van der Waals surface area contributed by atoms with Gasteiger partial charge in [0, 0.05) is 6.04 Å². The largest absolute Gasteiger partial charge is 0.469 e. The van der Waals surface area contributed by atoms with E-state index in [1.54, 1.807) is 0 Å². The summed E-state index contributed by atoms with van der Waals surface area (Å²) in [5.74, 6) is -0.196. The van der Waals surface area contributed by atoms with Gasteiger partial charge in [0.25, 0.3) is 0 Å². The van der Waals surface area contributed by atoms with E-state index in [-0.39, 0.29) is 12.0 Å². The highest BCUT2D eigenvalue weighted by molar-refractivity contribution is 5.71. The molecule has 1 heterocycles. The van der Waals surface area contributed by atoms with Gasteiger partial charge in [-0.3, -0.25) is 4.79 Å². The maximum absolute atomic E-state index is 11.3. The first-order valence-electron chi connectivity index (χ1n) is 5.51. The summed E-state index contributed by atoms with van der Waals surface area (Å²) in [7, 11) is 1.41. The molecule has 1 rings (SSSR count). The molecular weight excluding hydrogens is 202 g/mol. The molecule has 0 saturated heterocycles. The molecule has 1 unspecified atom stereocenters. The van der Waals surface area contributed by atoms with Gasteiger partial charge in [0.15, 0.2) is 0 Å². The number of allylic oxidation sites excluding steroid dienone is 2. The molecule has 3 nitrogen and oxygen atoms in total. The topological polar surface area (TPSA) is 38.3 Å². The lowest BCUT2D eigenvalue weighted by atomic mass is 9.92. The van der Waals surface area contributed by atoms with E-state index in [0.29, 0.717) is 6.42 Å². The Kier molecular flexibility index (Phi) is 4.99. The summed E-state index contributed by atoms with van der Waals surface area (Å²) in [6, 6.07) is 0.0323. The number of rotatable bonds is 4. The SMILES string of the molecule is C=CC1=C(/C=C\C)CCNC1CC(=O)OC. The van der Waals surface area contributed by atoms with Crippen molar-refractivity contribution in [1.29, 1.82) is 0 Å². The minimum absolute atomic E-state index is 0.0323. The molecule has 16 heavy (non-hydrogen) atoms. The van der Waals surface area contributed by atoms with E-state index in [2.05, 4.69) is 22.7 Å². The van der Waals surface area contributed by atoms with Gasteiger partial charge >= 0.3 is 5.97 Å². The van der Waals surface area contributed by atoms with E-state index in [4.69, 9.17) is 0 Å². The standard InChI is InChI=1S/C13H19NO2/c1-4-6-10-7-8-14-12(11(10)5-2)9-13(15)16-3/h4-6,12,14H,2,7-9H2,1,3H3/b6-4-. The highest BCUT2D eigenvalue weighted by Crippen LogP contribution is 2.21. The summed E-state index contributed by atoms with van der Waals surface area (Å²) in [6.45, 7) is 6.70. The zero-order valence-electron chi connectivity index (χ0n) is 9.95. The van der Waals surface area contributed by atoms with Crippen LogP contribution in [0.5, 0.6) is 0 Å². The molecule has 0 radical (unpaired) electrons. The number of carbonyl (C=O) groups excluding carboxylic acids is 1. The molecule has 0 bridgehead atoms. The summed E-state index contributed by atoms with van der Waals surface area (Å²) < 4.78 is 4.69. The number of carbonyl (C=O) groups is 1. The Hall–Kier alpha value is -1.35. The quantitative estimate of drug-likeness (QED) is 0.738. The number of ether oxygens (including phenoxy) is 1.